The zero-order valence-corrected chi connectivity index (χ0v) is 15.9. The molecule has 28 heavy (non-hydrogen) atoms. The fourth-order valence-electron chi connectivity index (χ4n) is 3.22. The maximum Gasteiger partial charge on any atom is 0.0701 e. The maximum absolute atomic E-state index is 4.43. The number of hydrogen-bond donors (Lipinski definition) is 0. The van der Waals surface area contributed by atoms with Gasteiger partial charge in [-0.1, -0.05) is 99.1 Å². The summed E-state index contributed by atoms with van der Waals surface area (Å²) >= 11 is 0. The third-order valence-corrected chi connectivity index (χ3v) is 4.55. The molecule has 0 spiro atoms. The van der Waals surface area contributed by atoms with Crippen molar-refractivity contribution in [2.75, 3.05) is 0 Å². The van der Waals surface area contributed by atoms with Gasteiger partial charge in [0.1, 0.15) is 0 Å². The largest absolute Gasteiger partial charge is 0.257 e. The van der Waals surface area contributed by atoms with Crippen LogP contribution in [0.2, 0.25) is 0 Å². The van der Waals surface area contributed by atoms with E-state index >= 15 is 0 Å². The van der Waals surface area contributed by atoms with Crippen LogP contribution in [0.5, 0.6) is 0 Å². The topological polar surface area (TPSA) is 12.4 Å². The molecule has 0 fully saturated rings. The van der Waals surface area contributed by atoms with E-state index in [1.54, 1.807) is 6.08 Å². The Balaban J connectivity index is 2.56. The second kappa shape index (κ2) is 8.79. The van der Waals surface area contributed by atoms with Crippen LogP contribution in [0.15, 0.2) is 109 Å². The van der Waals surface area contributed by atoms with Crippen molar-refractivity contribution in [3.8, 4) is 0 Å². The zero-order chi connectivity index (χ0) is 19.9. The van der Waals surface area contributed by atoms with Gasteiger partial charge in [-0.25, -0.2) is 0 Å². The van der Waals surface area contributed by atoms with E-state index in [0.717, 1.165) is 43.3 Å². The lowest BCUT2D eigenvalue weighted by Crippen LogP contribution is -2.05. The molecule has 0 unspecified atom stereocenters. The van der Waals surface area contributed by atoms with Gasteiger partial charge >= 0.3 is 0 Å². The maximum atomic E-state index is 4.43. The fraction of sp³-hybridized carbons (Fsp3) is 0. The van der Waals surface area contributed by atoms with E-state index in [1.165, 1.54) is 6.20 Å². The first kappa shape index (κ1) is 19.1. The number of hydrogen-bond acceptors (Lipinski definition) is 1. The molecule has 0 saturated heterocycles. The molecule has 3 aromatic carbocycles. The van der Waals surface area contributed by atoms with Crippen molar-refractivity contribution in [1.29, 1.82) is 0 Å². The molecule has 0 bridgehead atoms. The van der Waals surface area contributed by atoms with E-state index < -0.39 is 0 Å². The van der Waals surface area contributed by atoms with Gasteiger partial charge in [0.25, 0.3) is 0 Å². The van der Waals surface area contributed by atoms with Crippen molar-refractivity contribution in [2.24, 2.45) is 4.99 Å². The molecule has 1 nitrogen and oxygen atoms in total. The quantitative estimate of drug-likeness (QED) is 0.423. The second-order valence-electron chi connectivity index (χ2n) is 6.37. The number of fused-ring (bicyclic) bond motifs is 3. The van der Waals surface area contributed by atoms with Crippen LogP contribution in [0.3, 0.4) is 0 Å². The predicted octanol–water partition coefficient (Wildman–Crippen LogP) is 5.61. The van der Waals surface area contributed by atoms with Gasteiger partial charge in [0.05, 0.1) is 5.71 Å². The number of rotatable bonds is 4. The first-order chi connectivity index (χ1) is 13.7. The van der Waals surface area contributed by atoms with Gasteiger partial charge in [0.2, 0.25) is 0 Å². The number of benzene rings is 2. The van der Waals surface area contributed by atoms with Crippen LogP contribution >= 0.6 is 0 Å². The van der Waals surface area contributed by atoms with E-state index in [4.69, 9.17) is 0 Å². The Bertz CT molecular complexity index is 1270. The molecule has 3 aromatic rings. The van der Waals surface area contributed by atoms with Crippen molar-refractivity contribution in [1.82, 2.24) is 0 Å². The molecule has 3 rings (SSSR count). The van der Waals surface area contributed by atoms with Crippen molar-refractivity contribution in [2.45, 2.75) is 0 Å². The van der Waals surface area contributed by atoms with Crippen molar-refractivity contribution in [3.63, 3.8) is 0 Å². The third-order valence-electron chi connectivity index (χ3n) is 4.55. The second-order valence-corrected chi connectivity index (χ2v) is 6.37. The lowest BCUT2D eigenvalue weighted by molar-refractivity contribution is 1.55. The van der Waals surface area contributed by atoms with Gasteiger partial charge in [-0.15, -0.1) is 0 Å². The molecule has 136 valence electrons. The standard InChI is InChI=1S/C27H23N/c1-5-7-16-27(28-6-2)22-18-17-20(3)23-12-8-10-14-25(23)26-15-11-9-13-24(26)21(4)19-22/h5-19H,1-4H2/b16-7-,18-17?,22-19?,28-27?. The Morgan fingerprint density at radius 2 is 1.29 bits per heavy atom. The van der Waals surface area contributed by atoms with Crippen LogP contribution in [0.1, 0.15) is 5.56 Å². The normalized spacial score (nSPS) is 11.5. The number of allylic oxidation sites excluding steroid dienone is 3. The minimum Gasteiger partial charge on any atom is -0.257 e. The Labute approximate surface area is 166 Å². The van der Waals surface area contributed by atoms with E-state index in [9.17, 15) is 0 Å². The van der Waals surface area contributed by atoms with Crippen LogP contribution in [-0.2, 0) is 0 Å². The Morgan fingerprint density at radius 1 is 0.714 bits per heavy atom. The molecule has 0 saturated carbocycles. The molecule has 0 aliphatic carbocycles. The summed E-state index contributed by atoms with van der Waals surface area (Å²) in [6.45, 7) is 16.1. The average Bonchev–Trinajstić information content (AvgIpc) is 2.73. The highest BCUT2D eigenvalue weighted by Crippen LogP contribution is 2.18. The van der Waals surface area contributed by atoms with E-state index in [0.29, 0.717) is 0 Å². The summed E-state index contributed by atoms with van der Waals surface area (Å²) in [7, 11) is 0. The van der Waals surface area contributed by atoms with Gasteiger partial charge in [-0.05, 0) is 44.1 Å². The molecular formula is C27H23N. The van der Waals surface area contributed by atoms with Crippen molar-refractivity contribution < 1.29 is 0 Å². The van der Waals surface area contributed by atoms with E-state index in [1.807, 2.05) is 42.5 Å². The smallest absolute Gasteiger partial charge is 0.0701 e. The van der Waals surface area contributed by atoms with Crippen LogP contribution in [0.4, 0.5) is 0 Å². The predicted molar refractivity (Wildman–Crippen MR) is 125 cm³/mol. The van der Waals surface area contributed by atoms with E-state index in [-0.39, 0.29) is 0 Å². The summed E-state index contributed by atoms with van der Waals surface area (Å²) in [5, 5.41) is 6.33. The summed E-state index contributed by atoms with van der Waals surface area (Å²) in [5.74, 6) is 0. The summed E-state index contributed by atoms with van der Waals surface area (Å²) in [6.07, 6.45) is 7.03. The van der Waals surface area contributed by atoms with Gasteiger partial charge in [0.15, 0.2) is 0 Å². The van der Waals surface area contributed by atoms with Gasteiger partial charge < -0.3 is 0 Å². The minimum atomic E-state index is 0.784. The van der Waals surface area contributed by atoms with Crippen molar-refractivity contribution in [3.05, 3.63) is 120 Å². The summed E-state index contributed by atoms with van der Waals surface area (Å²) in [6, 6.07) is 22.7. The van der Waals surface area contributed by atoms with Crippen LogP contribution in [-0.4, -0.2) is 5.71 Å². The molecule has 0 radical (unpaired) electrons. The molecule has 0 N–H and O–H groups in total. The molecule has 0 aliphatic rings. The summed E-state index contributed by atoms with van der Waals surface area (Å²) < 4.78 is 0. The first-order valence-corrected chi connectivity index (χ1v) is 9.10. The van der Waals surface area contributed by atoms with E-state index in [2.05, 4.69) is 67.7 Å². The summed E-state index contributed by atoms with van der Waals surface area (Å²) in [5.41, 5.74) is 1.71. The summed E-state index contributed by atoms with van der Waals surface area (Å²) in [4.78, 5) is 4.43. The molecule has 1 heteroatoms. The molecule has 0 heterocycles. The van der Waals surface area contributed by atoms with Crippen LogP contribution in [0.25, 0.3) is 34.7 Å². The van der Waals surface area contributed by atoms with Crippen LogP contribution in [0, 0.1) is 0 Å². The first-order valence-electron chi connectivity index (χ1n) is 9.10. The monoisotopic (exact) mass is 361 g/mol. The lowest BCUT2D eigenvalue weighted by Gasteiger charge is -2.03. The highest BCUT2D eigenvalue weighted by Gasteiger charge is 2.01. The molecular weight excluding hydrogens is 338 g/mol. The fourth-order valence-corrected chi connectivity index (χ4v) is 3.22. The molecule has 0 atom stereocenters. The third kappa shape index (κ3) is 3.99. The SMILES string of the molecule is C=C/C=C\C(=NC=C)c1ccc(=C)c2ccccc2c2ccccc2c(=C)c1. The number of aliphatic imine (C=N–C) groups is 1. The van der Waals surface area contributed by atoms with Gasteiger partial charge in [0, 0.05) is 11.8 Å². The minimum absolute atomic E-state index is 0.784. The highest BCUT2D eigenvalue weighted by atomic mass is 14.7. The van der Waals surface area contributed by atoms with Crippen LogP contribution < -0.4 is 10.4 Å². The Hall–Kier alpha value is -3.71. The Morgan fingerprint density at radius 3 is 1.86 bits per heavy atom. The Kier molecular flexibility index (Phi) is 5.98. The van der Waals surface area contributed by atoms with Gasteiger partial charge in [-0.2, -0.15) is 0 Å². The highest BCUT2D eigenvalue weighted by molar-refractivity contribution is 6.10. The molecule has 0 aromatic heterocycles. The molecule has 0 aliphatic heterocycles. The number of nitrogens with zero attached hydrogens (tertiary/aromatic N) is 1. The zero-order valence-electron chi connectivity index (χ0n) is 15.9. The molecule has 0 amide bonds. The van der Waals surface area contributed by atoms with Crippen molar-refractivity contribution >= 4 is 40.4 Å². The lowest BCUT2D eigenvalue weighted by atomic mass is 10.0. The average molecular weight is 361 g/mol. The van der Waals surface area contributed by atoms with Gasteiger partial charge in [-0.3, -0.25) is 4.99 Å².